The first-order valence-corrected chi connectivity index (χ1v) is 16.0. The number of rotatable bonds is 10. The quantitative estimate of drug-likeness (QED) is 0.325. The van der Waals surface area contributed by atoms with Crippen molar-refractivity contribution in [3.8, 4) is 5.75 Å². The maximum atomic E-state index is 14.0. The van der Waals surface area contributed by atoms with Gasteiger partial charge in [0.1, 0.15) is 10.6 Å². The molecule has 1 aliphatic heterocycles. The molecule has 1 aliphatic carbocycles. The van der Waals surface area contributed by atoms with Crippen LogP contribution in [0.1, 0.15) is 49.8 Å². The highest BCUT2D eigenvalue weighted by atomic mass is 32.2. The fraction of sp³-hybridized carbons (Fsp3) is 0.375. The maximum absolute atomic E-state index is 14.0. The Kier molecular flexibility index (Phi) is 9.44. The number of carbonyl (C=O) groups excluding carboxylic acids is 2. The van der Waals surface area contributed by atoms with E-state index in [1.807, 2.05) is 47.4 Å². The third-order valence-corrected chi connectivity index (χ3v) is 9.27. The Morgan fingerprint density at radius 3 is 2.45 bits per heavy atom. The summed E-state index contributed by atoms with van der Waals surface area (Å²) in [7, 11) is -4.00. The molecule has 0 radical (unpaired) electrons. The molecule has 0 aromatic heterocycles. The average Bonchev–Trinajstić information content (AvgIpc) is 3.01. The molecule has 1 fully saturated rings. The predicted octanol–water partition coefficient (Wildman–Crippen LogP) is 4.84. The van der Waals surface area contributed by atoms with Gasteiger partial charge in [0.15, 0.2) is 6.61 Å². The van der Waals surface area contributed by atoms with E-state index in [-0.39, 0.29) is 29.4 Å². The fourth-order valence-electron chi connectivity index (χ4n) is 5.67. The first-order chi connectivity index (χ1) is 20.3. The molecule has 42 heavy (non-hydrogen) atoms. The molecule has 1 saturated heterocycles. The minimum atomic E-state index is -4.00. The van der Waals surface area contributed by atoms with Gasteiger partial charge in [-0.1, -0.05) is 42.5 Å². The van der Waals surface area contributed by atoms with Crippen molar-refractivity contribution < 1.29 is 27.5 Å². The Labute approximate surface area is 247 Å². The lowest BCUT2D eigenvalue weighted by Crippen LogP contribution is -2.38. The highest BCUT2D eigenvalue weighted by Gasteiger charge is 2.32. The number of sulfonamides is 1. The third kappa shape index (κ3) is 7.11. The van der Waals surface area contributed by atoms with Crippen LogP contribution < -0.4 is 19.7 Å². The minimum absolute atomic E-state index is 0.0851. The standard InChI is InChI=1S/C32H37N3O6S/c1-2-40-32(37)24-17-19-35(20-18-24)29-16-15-25(33-31(36)22-41-26-11-4-3-5-12-26)21-30(29)42(38,39)34-28-14-8-10-23-9-6-7-13-27(23)28/h3-7,9,11-13,15-16,21,24,28,34H,2,8,10,14,17-20,22H2,1H3,(H,33,36)/t28-/m0/s1. The summed E-state index contributed by atoms with van der Waals surface area (Å²) in [5, 5.41) is 2.77. The van der Waals surface area contributed by atoms with E-state index >= 15 is 0 Å². The first-order valence-electron chi connectivity index (χ1n) is 14.5. The van der Waals surface area contributed by atoms with Crippen molar-refractivity contribution in [3.63, 3.8) is 0 Å². The zero-order valence-corrected chi connectivity index (χ0v) is 24.6. The van der Waals surface area contributed by atoms with Crippen molar-refractivity contribution in [2.24, 2.45) is 5.92 Å². The number of carbonyl (C=O) groups is 2. The minimum Gasteiger partial charge on any atom is -0.484 e. The fourth-order valence-corrected chi connectivity index (χ4v) is 7.18. The second-order valence-electron chi connectivity index (χ2n) is 10.6. The van der Waals surface area contributed by atoms with Crippen LogP contribution in [0.25, 0.3) is 0 Å². The van der Waals surface area contributed by atoms with E-state index in [2.05, 4.69) is 10.0 Å². The number of nitrogens with zero attached hydrogens (tertiary/aromatic N) is 1. The molecule has 2 N–H and O–H groups in total. The van der Waals surface area contributed by atoms with Gasteiger partial charge in [0.25, 0.3) is 5.91 Å². The van der Waals surface area contributed by atoms with Crippen LogP contribution in [0.4, 0.5) is 11.4 Å². The van der Waals surface area contributed by atoms with Crippen molar-refractivity contribution in [1.29, 1.82) is 0 Å². The van der Waals surface area contributed by atoms with Gasteiger partial charge in [0.05, 0.1) is 18.2 Å². The van der Waals surface area contributed by atoms with Crippen LogP contribution in [-0.4, -0.2) is 46.6 Å². The number of esters is 1. The third-order valence-electron chi connectivity index (χ3n) is 7.77. The summed E-state index contributed by atoms with van der Waals surface area (Å²) in [6.07, 6.45) is 3.63. The van der Waals surface area contributed by atoms with Gasteiger partial charge in [-0.3, -0.25) is 9.59 Å². The molecular weight excluding hydrogens is 554 g/mol. The molecular formula is C32H37N3O6S. The van der Waals surface area contributed by atoms with Gasteiger partial charge in [0, 0.05) is 24.8 Å². The number of aryl methyl sites for hydroxylation is 1. The van der Waals surface area contributed by atoms with Gasteiger partial charge in [-0.15, -0.1) is 0 Å². The van der Waals surface area contributed by atoms with Crippen molar-refractivity contribution in [1.82, 2.24) is 4.72 Å². The molecule has 0 spiro atoms. The van der Waals surface area contributed by atoms with E-state index < -0.39 is 15.9 Å². The number of benzene rings is 3. The number of nitrogens with one attached hydrogen (secondary N) is 2. The van der Waals surface area contributed by atoms with E-state index in [4.69, 9.17) is 9.47 Å². The van der Waals surface area contributed by atoms with E-state index in [0.717, 1.165) is 24.0 Å². The molecule has 3 aromatic carbocycles. The first kappa shape index (κ1) is 29.6. The molecule has 9 nitrogen and oxygen atoms in total. The number of amides is 1. The zero-order valence-electron chi connectivity index (χ0n) is 23.8. The monoisotopic (exact) mass is 591 g/mol. The molecule has 3 aromatic rings. The topological polar surface area (TPSA) is 114 Å². The van der Waals surface area contributed by atoms with Crippen LogP contribution in [0.5, 0.6) is 5.75 Å². The van der Waals surface area contributed by atoms with Crippen LogP contribution in [-0.2, 0) is 30.8 Å². The Morgan fingerprint density at radius 1 is 0.952 bits per heavy atom. The average molecular weight is 592 g/mol. The lowest BCUT2D eigenvalue weighted by atomic mass is 9.88. The maximum Gasteiger partial charge on any atom is 0.309 e. The number of piperidine rings is 1. The lowest BCUT2D eigenvalue weighted by molar-refractivity contribution is -0.148. The van der Waals surface area contributed by atoms with E-state index in [1.165, 1.54) is 6.07 Å². The summed E-state index contributed by atoms with van der Waals surface area (Å²) in [6, 6.07) is 21.5. The van der Waals surface area contributed by atoms with Gasteiger partial charge >= 0.3 is 5.97 Å². The Morgan fingerprint density at radius 2 is 1.69 bits per heavy atom. The van der Waals surface area contributed by atoms with Crippen molar-refractivity contribution in [3.05, 3.63) is 83.9 Å². The summed E-state index contributed by atoms with van der Waals surface area (Å²) in [5.41, 5.74) is 3.03. The number of ether oxygens (including phenoxy) is 2. The summed E-state index contributed by atoms with van der Waals surface area (Å²) in [5.74, 6) is -0.256. The smallest absolute Gasteiger partial charge is 0.309 e. The van der Waals surface area contributed by atoms with E-state index in [1.54, 1.807) is 31.2 Å². The molecule has 0 bridgehead atoms. The summed E-state index contributed by atoms with van der Waals surface area (Å²) >= 11 is 0. The molecule has 1 atom stereocenters. The zero-order chi connectivity index (χ0) is 29.5. The molecule has 5 rings (SSSR count). The number of anilines is 2. The number of para-hydroxylation sites is 1. The summed E-state index contributed by atoms with van der Waals surface area (Å²) in [6.45, 7) is 2.92. The Balaban J connectivity index is 1.38. The molecule has 2 aliphatic rings. The molecule has 222 valence electrons. The SMILES string of the molecule is CCOC(=O)C1CCN(c2ccc(NC(=O)COc3ccccc3)cc2S(=O)(=O)N[C@H]2CCCc3ccccc32)CC1. The van der Waals surface area contributed by atoms with Crippen molar-refractivity contribution in [2.75, 3.05) is 36.5 Å². The van der Waals surface area contributed by atoms with E-state index in [9.17, 15) is 18.0 Å². The van der Waals surface area contributed by atoms with Crippen LogP contribution in [0.15, 0.2) is 77.7 Å². The molecule has 0 unspecified atom stereocenters. The van der Waals surface area contributed by atoms with Gasteiger partial charge < -0.3 is 19.7 Å². The normalized spacial score (nSPS) is 17.3. The molecule has 1 heterocycles. The summed E-state index contributed by atoms with van der Waals surface area (Å²) in [4.78, 5) is 27.0. The Bertz CT molecular complexity index is 1500. The van der Waals surface area contributed by atoms with Gasteiger partial charge in [-0.05, 0) is 80.5 Å². The van der Waals surface area contributed by atoms with E-state index in [0.29, 0.717) is 56.1 Å². The second-order valence-corrected chi connectivity index (χ2v) is 12.3. The second kappa shape index (κ2) is 13.4. The van der Waals surface area contributed by atoms with Crippen LogP contribution in [0, 0.1) is 5.92 Å². The number of hydrogen-bond acceptors (Lipinski definition) is 7. The highest BCUT2D eigenvalue weighted by molar-refractivity contribution is 7.89. The van der Waals surface area contributed by atoms with Crippen LogP contribution >= 0.6 is 0 Å². The molecule has 1 amide bonds. The predicted molar refractivity (Wildman–Crippen MR) is 161 cm³/mol. The highest BCUT2D eigenvalue weighted by Crippen LogP contribution is 2.35. The molecule has 10 heteroatoms. The lowest BCUT2D eigenvalue weighted by Gasteiger charge is -2.34. The molecule has 0 saturated carbocycles. The number of hydrogen-bond donors (Lipinski definition) is 2. The van der Waals surface area contributed by atoms with Gasteiger partial charge in [-0.25, -0.2) is 13.1 Å². The summed E-state index contributed by atoms with van der Waals surface area (Å²) < 4.78 is 41.8. The van der Waals surface area contributed by atoms with Crippen LogP contribution in [0.2, 0.25) is 0 Å². The van der Waals surface area contributed by atoms with Gasteiger partial charge in [-0.2, -0.15) is 0 Å². The van der Waals surface area contributed by atoms with Gasteiger partial charge in [0.2, 0.25) is 10.0 Å². The van der Waals surface area contributed by atoms with Crippen LogP contribution in [0.3, 0.4) is 0 Å². The largest absolute Gasteiger partial charge is 0.484 e. The number of fused-ring (bicyclic) bond motifs is 1. The van der Waals surface area contributed by atoms with Crippen molar-refractivity contribution >= 4 is 33.3 Å². The Hall–Kier alpha value is -3.89. The van der Waals surface area contributed by atoms with Crippen molar-refractivity contribution in [2.45, 2.75) is 50.0 Å².